The van der Waals surface area contributed by atoms with Gasteiger partial charge in [-0.25, -0.2) is 0 Å². The third-order valence-corrected chi connectivity index (χ3v) is 4.24. The summed E-state index contributed by atoms with van der Waals surface area (Å²) in [7, 11) is 1.82. The van der Waals surface area contributed by atoms with Gasteiger partial charge in [-0.1, -0.05) is 48.4 Å². The summed E-state index contributed by atoms with van der Waals surface area (Å²) < 4.78 is 5.33. The molecule has 4 nitrogen and oxygen atoms in total. The van der Waals surface area contributed by atoms with Crippen molar-refractivity contribution in [3.8, 4) is 0 Å². The van der Waals surface area contributed by atoms with E-state index in [1.54, 1.807) is 0 Å². The van der Waals surface area contributed by atoms with E-state index in [4.69, 9.17) is 4.74 Å². The van der Waals surface area contributed by atoms with Crippen LogP contribution in [0.3, 0.4) is 0 Å². The van der Waals surface area contributed by atoms with Gasteiger partial charge in [0.15, 0.2) is 5.96 Å². The maximum Gasteiger partial charge on any atom is 0.191 e. The van der Waals surface area contributed by atoms with Crippen LogP contribution >= 0.6 is 24.0 Å². The van der Waals surface area contributed by atoms with Gasteiger partial charge in [-0.15, -0.1) is 24.0 Å². The Labute approximate surface area is 163 Å². The lowest BCUT2D eigenvalue weighted by Gasteiger charge is -2.18. The van der Waals surface area contributed by atoms with Crippen LogP contribution in [-0.2, 0) is 4.74 Å². The highest BCUT2D eigenvalue weighted by Crippen LogP contribution is 2.14. The molecule has 5 heteroatoms. The Morgan fingerprint density at radius 1 is 1.25 bits per heavy atom. The number of nitrogens with one attached hydrogen (secondary N) is 2. The highest BCUT2D eigenvalue weighted by atomic mass is 127. The lowest BCUT2D eigenvalue weighted by Crippen LogP contribution is -2.39. The summed E-state index contributed by atoms with van der Waals surface area (Å²) in [6.07, 6.45) is 4.30. The molecule has 0 radical (unpaired) electrons. The molecule has 1 aromatic carbocycles. The van der Waals surface area contributed by atoms with E-state index in [-0.39, 0.29) is 24.0 Å². The van der Waals surface area contributed by atoms with Gasteiger partial charge in [-0.2, -0.15) is 0 Å². The highest BCUT2D eigenvalue weighted by Gasteiger charge is 2.07. The summed E-state index contributed by atoms with van der Waals surface area (Å²) in [5.74, 6) is 1.32. The van der Waals surface area contributed by atoms with Crippen molar-refractivity contribution >= 4 is 29.9 Å². The fourth-order valence-electron chi connectivity index (χ4n) is 2.62. The lowest BCUT2D eigenvalue weighted by molar-refractivity contribution is 0.153. The van der Waals surface area contributed by atoms with Crippen LogP contribution < -0.4 is 10.6 Å². The average molecular weight is 443 g/mol. The van der Waals surface area contributed by atoms with E-state index >= 15 is 0 Å². The van der Waals surface area contributed by atoms with Gasteiger partial charge in [0.05, 0.1) is 13.2 Å². The number of rotatable bonds is 6. The zero-order valence-electron chi connectivity index (χ0n) is 15.0. The molecule has 1 aromatic rings. The Kier molecular flexibility index (Phi) is 10.0. The predicted molar refractivity (Wildman–Crippen MR) is 113 cm³/mol. The molecule has 0 saturated carbocycles. The number of aliphatic imine (C=N–C) groups is 1. The van der Waals surface area contributed by atoms with Gasteiger partial charge < -0.3 is 15.4 Å². The molecule has 134 valence electrons. The van der Waals surface area contributed by atoms with Crippen LogP contribution in [0.2, 0.25) is 0 Å². The van der Waals surface area contributed by atoms with E-state index in [0.717, 1.165) is 45.1 Å². The third kappa shape index (κ3) is 7.21. The molecule has 1 aliphatic heterocycles. The highest BCUT2D eigenvalue weighted by molar-refractivity contribution is 14.0. The average Bonchev–Trinajstić information content (AvgIpc) is 2.59. The van der Waals surface area contributed by atoms with Crippen molar-refractivity contribution in [1.82, 2.24) is 10.6 Å². The number of hydrogen-bond donors (Lipinski definition) is 2. The Morgan fingerprint density at radius 2 is 2.00 bits per heavy atom. The zero-order valence-corrected chi connectivity index (χ0v) is 17.3. The molecule has 1 atom stereocenters. The van der Waals surface area contributed by atoms with Crippen molar-refractivity contribution in [2.45, 2.75) is 32.6 Å². The largest absolute Gasteiger partial charge is 0.377 e. The summed E-state index contributed by atoms with van der Waals surface area (Å²) >= 11 is 0. The topological polar surface area (TPSA) is 45.7 Å². The molecule has 0 bridgehead atoms. The second-order valence-electron chi connectivity index (χ2n) is 6.13. The molecule has 1 heterocycles. The van der Waals surface area contributed by atoms with Crippen molar-refractivity contribution in [3.63, 3.8) is 0 Å². The number of nitrogens with zero attached hydrogens (tertiary/aromatic N) is 1. The van der Waals surface area contributed by atoms with Crippen LogP contribution in [0.4, 0.5) is 0 Å². The number of guanidine groups is 1. The number of halogens is 1. The van der Waals surface area contributed by atoms with Gasteiger partial charge in [0.2, 0.25) is 0 Å². The van der Waals surface area contributed by atoms with Crippen LogP contribution in [0.15, 0.2) is 40.9 Å². The minimum atomic E-state index is 0. The molecular weight excluding hydrogens is 413 g/mol. The van der Waals surface area contributed by atoms with Gasteiger partial charge in [0.1, 0.15) is 0 Å². The predicted octanol–water partition coefficient (Wildman–Crippen LogP) is 3.62. The molecule has 0 fully saturated rings. The molecule has 24 heavy (non-hydrogen) atoms. The maximum absolute atomic E-state index is 5.33. The quantitative estimate of drug-likeness (QED) is 0.306. The summed E-state index contributed by atoms with van der Waals surface area (Å²) in [5, 5.41) is 6.80. The summed E-state index contributed by atoms with van der Waals surface area (Å²) in [4.78, 5) is 4.30. The monoisotopic (exact) mass is 443 g/mol. The van der Waals surface area contributed by atoms with Crippen LogP contribution in [0, 0.1) is 6.92 Å². The minimum Gasteiger partial charge on any atom is -0.377 e. The Balaban J connectivity index is 0.00000288. The molecule has 1 aliphatic rings. The molecule has 0 aromatic heterocycles. The number of benzene rings is 1. The van der Waals surface area contributed by atoms with Crippen molar-refractivity contribution < 1.29 is 4.74 Å². The van der Waals surface area contributed by atoms with Crippen LogP contribution in [0.5, 0.6) is 0 Å². The Hall–Kier alpha value is -1.08. The normalized spacial score (nSPS) is 16.0. The summed E-state index contributed by atoms with van der Waals surface area (Å²) in [6, 6.07) is 8.74. The van der Waals surface area contributed by atoms with Gasteiger partial charge in [0, 0.05) is 20.1 Å². The van der Waals surface area contributed by atoms with Crippen LogP contribution in [0.1, 0.15) is 36.8 Å². The second kappa shape index (κ2) is 11.5. The molecule has 2 N–H and O–H groups in total. The number of hydrogen-bond acceptors (Lipinski definition) is 2. The first kappa shape index (κ1) is 21.0. The number of ether oxygens (including phenoxy) is 1. The van der Waals surface area contributed by atoms with E-state index in [0.29, 0.717) is 5.92 Å². The summed E-state index contributed by atoms with van der Waals surface area (Å²) in [5.41, 5.74) is 4.13. The lowest BCUT2D eigenvalue weighted by atomic mass is 10.0. The van der Waals surface area contributed by atoms with Gasteiger partial charge in [0.25, 0.3) is 0 Å². The molecule has 0 amide bonds. The van der Waals surface area contributed by atoms with Crippen molar-refractivity contribution in [1.29, 1.82) is 0 Å². The molecule has 2 rings (SSSR count). The second-order valence-corrected chi connectivity index (χ2v) is 6.13. The van der Waals surface area contributed by atoms with Crippen molar-refractivity contribution in [2.24, 2.45) is 4.99 Å². The molecule has 0 spiro atoms. The molecule has 0 aliphatic carbocycles. The van der Waals surface area contributed by atoms with Crippen LogP contribution in [0.25, 0.3) is 0 Å². The first-order valence-electron chi connectivity index (χ1n) is 8.45. The van der Waals surface area contributed by atoms with Gasteiger partial charge in [-0.3, -0.25) is 4.99 Å². The van der Waals surface area contributed by atoms with E-state index in [2.05, 4.69) is 59.8 Å². The van der Waals surface area contributed by atoms with Gasteiger partial charge in [-0.05, 0) is 31.2 Å². The first-order chi connectivity index (χ1) is 11.2. The standard InChI is InChI=1S/C19H29N3O.HI/c1-15-4-6-18(7-5-15)16(2)14-22-19(20-3)21-11-8-17-9-12-23-13-10-17;/h4-7,9,16H,8,10-14H2,1-3H3,(H2,20,21,22);1H. The first-order valence-corrected chi connectivity index (χ1v) is 8.45. The fourth-order valence-corrected chi connectivity index (χ4v) is 2.62. The zero-order chi connectivity index (χ0) is 16.5. The third-order valence-electron chi connectivity index (χ3n) is 4.24. The Morgan fingerprint density at radius 3 is 2.62 bits per heavy atom. The molecule has 0 saturated heterocycles. The number of aryl methyl sites for hydroxylation is 1. The minimum absolute atomic E-state index is 0. The SMILES string of the molecule is CN=C(NCCC1=CCOCC1)NCC(C)c1ccc(C)cc1.I. The van der Waals surface area contributed by atoms with E-state index in [9.17, 15) is 0 Å². The molecule has 1 unspecified atom stereocenters. The van der Waals surface area contributed by atoms with E-state index in [1.165, 1.54) is 16.7 Å². The van der Waals surface area contributed by atoms with Gasteiger partial charge >= 0.3 is 0 Å². The maximum atomic E-state index is 5.33. The summed E-state index contributed by atoms with van der Waals surface area (Å²) in [6.45, 7) is 7.75. The van der Waals surface area contributed by atoms with Crippen molar-refractivity contribution in [3.05, 3.63) is 47.0 Å². The smallest absolute Gasteiger partial charge is 0.191 e. The Bertz CT molecular complexity index is 540. The van der Waals surface area contributed by atoms with Crippen molar-refractivity contribution in [2.75, 3.05) is 33.4 Å². The van der Waals surface area contributed by atoms with E-state index in [1.807, 2.05) is 7.05 Å². The molecular formula is C19H30IN3O. The van der Waals surface area contributed by atoms with Crippen LogP contribution in [-0.4, -0.2) is 39.3 Å². The fraction of sp³-hybridized carbons (Fsp3) is 0.526. The van der Waals surface area contributed by atoms with E-state index < -0.39 is 0 Å².